The van der Waals surface area contributed by atoms with Crippen molar-refractivity contribution in [1.82, 2.24) is 19.1 Å². The van der Waals surface area contributed by atoms with Gasteiger partial charge in [-0.3, -0.25) is 4.98 Å². The number of hydrogen-bond acceptors (Lipinski definition) is 3. The van der Waals surface area contributed by atoms with E-state index in [1.54, 1.807) is 0 Å². The van der Waals surface area contributed by atoms with Gasteiger partial charge in [0.15, 0.2) is 0 Å². The highest BCUT2D eigenvalue weighted by atomic mass is 28.3. The van der Waals surface area contributed by atoms with Crippen LogP contribution in [0.15, 0.2) is 146 Å². The van der Waals surface area contributed by atoms with Crippen LogP contribution in [0.1, 0.15) is 5.56 Å². The Morgan fingerprint density at radius 3 is 1.91 bits per heavy atom. The Morgan fingerprint density at radius 2 is 1.23 bits per heavy atom. The van der Waals surface area contributed by atoms with Gasteiger partial charge in [0.05, 0.1) is 41.4 Å². The van der Waals surface area contributed by atoms with Crippen LogP contribution in [0.2, 0.25) is 19.6 Å². The highest BCUT2D eigenvalue weighted by Crippen LogP contribution is 2.41. The summed E-state index contributed by atoms with van der Waals surface area (Å²) in [7, 11) is 0.544. The molecule has 0 amide bonds. The van der Waals surface area contributed by atoms with Crippen LogP contribution in [-0.2, 0) is 7.05 Å². The van der Waals surface area contributed by atoms with Crippen molar-refractivity contribution in [3.05, 3.63) is 151 Å². The maximum absolute atomic E-state index is 11.7. The van der Waals surface area contributed by atoms with Crippen LogP contribution in [0, 0.1) is 6.92 Å². The molecule has 9 rings (SSSR count). The van der Waals surface area contributed by atoms with Gasteiger partial charge in [-0.25, -0.2) is 4.98 Å². The van der Waals surface area contributed by atoms with Crippen molar-refractivity contribution in [2.45, 2.75) is 26.6 Å². The van der Waals surface area contributed by atoms with Crippen LogP contribution in [0.25, 0.3) is 83.4 Å². The van der Waals surface area contributed by atoms with E-state index in [1.165, 1.54) is 16.0 Å². The third-order valence-electron chi connectivity index (χ3n) is 10.6. The summed E-state index contributed by atoms with van der Waals surface area (Å²) in [6.45, 7) is 9.01. The predicted molar refractivity (Wildman–Crippen MR) is 224 cm³/mol. The van der Waals surface area contributed by atoms with Gasteiger partial charge in [-0.05, 0) is 89.0 Å². The lowest BCUT2D eigenvalue weighted by molar-refractivity contribution is 0.472. The molecule has 0 saturated heterocycles. The first-order chi connectivity index (χ1) is 25.7. The number of benzene rings is 6. The number of pyridine rings is 1. The molecule has 0 bridgehead atoms. The summed E-state index contributed by atoms with van der Waals surface area (Å²) in [5.74, 6) is 0.939. The average Bonchev–Trinajstić information content (AvgIpc) is 3.70. The second-order valence-corrected chi connectivity index (χ2v) is 20.1. The van der Waals surface area contributed by atoms with Crippen molar-refractivity contribution in [3.63, 3.8) is 0 Å². The van der Waals surface area contributed by atoms with Crippen molar-refractivity contribution in [2.24, 2.45) is 7.05 Å². The third-order valence-corrected chi connectivity index (χ3v) is 12.6. The molecular formula is C47H40N4OSi. The van der Waals surface area contributed by atoms with Crippen LogP contribution < -0.4 is 5.19 Å². The topological polar surface area (TPSA) is 55.9 Å². The van der Waals surface area contributed by atoms with E-state index >= 15 is 0 Å². The minimum atomic E-state index is -1.49. The molecule has 9 aromatic rings. The average molecular weight is 705 g/mol. The normalized spacial score (nSPS) is 11.9. The molecule has 6 heteroatoms. The molecule has 5 nitrogen and oxygen atoms in total. The summed E-state index contributed by atoms with van der Waals surface area (Å²) in [5, 5.41) is 15.4. The largest absolute Gasteiger partial charge is 0.507 e. The maximum Gasteiger partial charge on any atom is 0.144 e. The zero-order chi connectivity index (χ0) is 36.4. The molecular weight excluding hydrogens is 665 g/mol. The van der Waals surface area contributed by atoms with E-state index in [0.29, 0.717) is 11.4 Å². The summed E-state index contributed by atoms with van der Waals surface area (Å²) in [4.78, 5) is 10.3. The fourth-order valence-electron chi connectivity index (χ4n) is 7.69. The minimum Gasteiger partial charge on any atom is -0.507 e. The number of phenolic OH excluding ortho intramolecular Hbond substituents is 1. The second-order valence-electron chi connectivity index (χ2n) is 15.0. The van der Waals surface area contributed by atoms with Gasteiger partial charge >= 0.3 is 0 Å². The maximum atomic E-state index is 11.7. The molecule has 0 fully saturated rings. The highest BCUT2D eigenvalue weighted by Gasteiger charge is 2.22. The van der Waals surface area contributed by atoms with Gasteiger partial charge in [0, 0.05) is 40.8 Å². The quantitative estimate of drug-likeness (QED) is 0.175. The van der Waals surface area contributed by atoms with E-state index < -0.39 is 8.07 Å². The number of phenols is 1. The van der Waals surface area contributed by atoms with Gasteiger partial charge in [-0.2, -0.15) is 0 Å². The smallest absolute Gasteiger partial charge is 0.144 e. The van der Waals surface area contributed by atoms with Gasteiger partial charge in [-0.1, -0.05) is 105 Å². The Balaban J connectivity index is 1.23. The molecule has 0 aliphatic carbocycles. The Kier molecular flexibility index (Phi) is 7.68. The molecule has 0 saturated carbocycles. The Bertz CT molecular complexity index is 2790. The molecule has 53 heavy (non-hydrogen) atoms. The number of aromatic nitrogens is 4. The van der Waals surface area contributed by atoms with Crippen molar-refractivity contribution >= 4 is 46.1 Å². The van der Waals surface area contributed by atoms with Crippen molar-refractivity contribution in [2.75, 3.05) is 0 Å². The Hall–Kier alpha value is -6.24. The lowest BCUT2D eigenvalue weighted by Crippen LogP contribution is -2.37. The van der Waals surface area contributed by atoms with E-state index in [0.717, 1.165) is 66.8 Å². The molecule has 3 heterocycles. The molecule has 0 aliphatic rings. The minimum absolute atomic E-state index is 0.232. The van der Waals surface area contributed by atoms with Gasteiger partial charge in [0.25, 0.3) is 0 Å². The van der Waals surface area contributed by atoms with Crippen molar-refractivity contribution in [1.29, 1.82) is 0 Å². The first-order valence-electron chi connectivity index (χ1n) is 18.1. The van der Waals surface area contributed by atoms with Gasteiger partial charge in [0.2, 0.25) is 0 Å². The van der Waals surface area contributed by atoms with Crippen LogP contribution in [0.3, 0.4) is 0 Å². The molecule has 3 aromatic heterocycles. The highest BCUT2D eigenvalue weighted by molar-refractivity contribution is 6.88. The number of hydrogen-bond donors (Lipinski definition) is 1. The zero-order valence-corrected chi connectivity index (χ0v) is 31.6. The number of imidazole rings is 1. The monoisotopic (exact) mass is 704 g/mol. The molecule has 6 aromatic carbocycles. The number of aryl methyl sites for hydroxylation is 2. The molecule has 0 atom stereocenters. The second kappa shape index (κ2) is 12.5. The molecule has 0 spiro atoms. The third kappa shape index (κ3) is 5.54. The molecule has 0 unspecified atom stereocenters. The molecule has 258 valence electrons. The van der Waals surface area contributed by atoms with Crippen LogP contribution in [0.5, 0.6) is 5.75 Å². The van der Waals surface area contributed by atoms with Gasteiger partial charge in [0.1, 0.15) is 11.6 Å². The lowest BCUT2D eigenvalue weighted by atomic mass is 9.94. The van der Waals surface area contributed by atoms with E-state index in [-0.39, 0.29) is 5.75 Å². The number of para-hydroxylation sites is 3. The SMILES string of the molecule is Cc1cc(-n2c3ccccc3c3ccccc32)cc(-c2nc3c(-c4cc(-c5ccccc5)cc(-c5ccc([Si](C)(C)C)cn5)c4)cccc3n2C)c1O. The van der Waals surface area contributed by atoms with Crippen LogP contribution in [0.4, 0.5) is 0 Å². The first kappa shape index (κ1) is 32.6. The summed E-state index contributed by atoms with van der Waals surface area (Å²) in [5.41, 5.74) is 12.9. The summed E-state index contributed by atoms with van der Waals surface area (Å²) in [6, 6.07) is 49.1. The Morgan fingerprint density at radius 1 is 0.585 bits per heavy atom. The number of aromatic hydroxyl groups is 1. The standard InChI is InChI=1S/C47H40N4OSi/c1-30-24-35(51-42-19-11-9-16-38(42)39-17-10-12-20-43(39)51)28-40(46(30)52)47-49-45-37(18-13-21-44(45)50(47)2)33-25-32(31-14-7-6-8-15-31)26-34(27-33)41-23-22-36(29-48-41)53(3,4)5/h6-29,52H,1-5H3. The summed E-state index contributed by atoms with van der Waals surface area (Å²) < 4.78 is 4.39. The molecule has 1 N–H and O–H groups in total. The van der Waals surface area contributed by atoms with Crippen molar-refractivity contribution in [3.8, 4) is 56.3 Å². The lowest BCUT2D eigenvalue weighted by Gasteiger charge is -2.16. The molecule has 0 aliphatic heterocycles. The fourth-order valence-corrected chi connectivity index (χ4v) is 8.72. The van der Waals surface area contributed by atoms with E-state index in [1.807, 2.05) is 14.0 Å². The predicted octanol–water partition coefficient (Wildman–Crippen LogP) is 11.3. The van der Waals surface area contributed by atoms with Gasteiger partial charge in [-0.15, -0.1) is 0 Å². The van der Waals surface area contributed by atoms with Gasteiger partial charge < -0.3 is 14.2 Å². The van der Waals surface area contributed by atoms with E-state index in [9.17, 15) is 5.11 Å². The van der Waals surface area contributed by atoms with E-state index in [4.69, 9.17) is 9.97 Å². The van der Waals surface area contributed by atoms with Crippen LogP contribution >= 0.6 is 0 Å². The van der Waals surface area contributed by atoms with E-state index in [2.05, 4.69) is 174 Å². The summed E-state index contributed by atoms with van der Waals surface area (Å²) >= 11 is 0. The first-order valence-corrected chi connectivity index (χ1v) is 21.6. The molecule has 0 radical (unpaired) electrons. The number of fused-ring (bicyclic) bond motifs is 4. The van der Waals surface area contributed by atoms with Crippen molar-refractivity contribution < 1.29 is 5.11 Å². The number of rotatable bonds is 6. The fraction of sp³-hybridized carbons (Fsp3) is 0.106. The van der Waals surface area contributed by atoms with Crippen LogP contribution in [-0.4, -0.2) is 32.3 Å². The number of nitrogens with zero attached hydrogens (tertiary/aromatic N) is 4. The zero-order valence-electron chi connectivity index (χ0n) is 30.6. The summed E-state index contributed by atoms with van der Waals surface area (Å²) in [6.07, 6.45) is 2.06. The Labute approximate surface area is 310 Å².